The van der Waals surface area contributed by atoms with E-state index in [4.69, 9.17) is 10.00 Å². The highest BCUT2D eigenvalue weighted by atomic mass is 32.2. The highest BCUT2D eigenvalue weighted by Gasteiger charge is 2.36. The minimum absolute atomic E-state index is 0.0559. The van der Waals surface area contributed by atoms with Crippen LogP contribution in [0.1, 0.15) is 43.2 Å². The molecule has 0 unspecified atom stereocenters. The summed E-state index contributed by atoms with van der Waals surface area (Å²) in [5.41, 5.74) is 2.01. The van der Waals surface area contributed by atoms with Crippen LogP contribution in [0.5, 0.6) is 0 Å². The van der Waals surface area contributed by atoms with Crippen molar-refractivity contribution in [2.24, 2.45) is 5.92 Å². The summed E-state index contributed by atoms with van der Waals surface area (Å²) in [6, 6.07) is 7.45. The van der Waals surface area contributed by atoms with Gasteiger partial charge in [-0.1, -0.05) is 6.07 Å². The van der Waals surface area contributed by atoms with Crippen LogP contribution in [-0.4, -0.2) is 62.4 Å². The van der Waals surface area contributed by atoms with Crippen LogP contribution >= 0.6 is 0 Å². The first kappa shape index (κ1) is 22.7. The van der Waals surface area contributed by atoms with Gasteiger partial charge in [0.1, 0.15) is 0 Å². The number of nitrogens with zero attached hydrogens (tertiary/aromatic N) is 3. The van der Waals surface area contributed by atoms with Crippen molar-refractivity contribution in [1.29, 1.82) is 5.26 Å². The summed E-state index contributed by atoms with van der Waals surface area (Å²) < 4.78 is 33.0. The molecule has 0 aromatic heterocycles. The molecule has 8 heteroatoms. The van der Waals surface area contributed by atoms with Gasteiger partial charge in [-0.15, -0.1) is 0 Å². The number of hydrogen-bond acceptors (Lipinski definition) is 5. The first-order chi connectivity index (χ1) is 14.3. The highest BCUT2D eigenvalue weighted by molar-refractivity contribution is 7.89. The Hall–Kier alpha value is -1.95. The number of amides is 1. The van der Waals surface area contributed by atoms with Crippen LogP contribution in [0.3, 0.4) is 0 Å². The van der Waals surface area contributed by atoms with Gasteiger partial charge in [-0.3, -0.25) is 4.79 Å². The Labute approximate surface area is 179 Å². The zero-order chi connectivity index (χ0) is 21.7. The predicted molar refractivity (Wildman–Crippen MR) is 113 cm³/mol. The fraction of sp³-hybridized carbons (Fsp3) is 0.636. The van der Waals surface area contributed by atoms with Crippen LogP contribution in [0.2, 0.25) is 0 Å². The third-order valence-electron chi connectivity index (χ3n) is 6.30. The van der Waals surface area contributed by atoms with Crippen LogP contribution in [0.15, 0.2) is 23.1 Å². The van der Waals surface area contributed by atoms with Crippen molar-refractivity contribution in [3.63, 3.8) is 0 Å². The Morgan fingerprint density at radius 3 is 2.43 bits per heavy atom. The van der Waals surface area contributed by atoms with Gasteiger partial charge in [0, 0.05) is 44.8 Å². The average Bonchev–Trinajstić information content (AvgIpc) is 2.76. The molecule has 2 fully saturated rings. The minimum atomic E-state index is -3.56. The molecule has 164 valence electrons. The van der Waals surface area contributed by atoms with Crippen LogP contribution in [0.25, 0.3) is 0 Å². The minimum Gasteiger partial charge on any atom is -0.381 e. The smallest absolute Gasteiger partial charge is 0.243 e. The van der Waals surface area contributed by atoms with Gasteiger partial charge < -0.3 is 9.64 Å². The maximum atomic E-state index is 13.2. The van der Waals surface area contributed by atoms with Crippen molar-refractivity contribution in [2.45, 2.75) is 56.9 Å². The predicted octanol–water partition coefficient (Wildman–Crippen LogP) is 2.63. The van der Waals surface area contributed by atoms with Gasteiger partial charge in [0.15, 0.2) is 0 Å². The molecule has 30 heavy (non-hydrogen) atoms. The largest absolute Gasteiger partial charge is 0.381 e. The molecule has 1 amide bonds. The number of hydrogen-bond donors (Lipinski definition) is 0. The van der Waals surface area contributed by atoms with E-state index in [1.807, 2.05) is 24.8 Å². The number of rotatable bonds is 6. The molecule has 0 saturated carbocycles. The van der Waals surface area contributed by atoms with E-state index in [1.165, 1.54) is 4.31 Å². The molecule has 7 nitrogen and oxygen atoms in total. The van der Waals surface area contributed by atoms with Crippen molar-refractivity contribution in [3.8, 4) is 6.07 Å². The van der Waals surface area contributed by atoms with Crippen molar-refractivity contribution < 1.29 is 17.9 Å². The second kappa shape index (κ2) is 9.90. The molecule has 2 heterocycles. The molecular formula is C22H31N3O4S. The van der Waals surface area contributed by atoms with E-state index in [0.717, 1.165) is 24.0 Å². The Balaban J connectivity index is 1.66. The molecule has 2 saturated heterocycles. The molecule has 0 bridgehead atoms. The summed E-state index contributed by atoms with van der Waals surface area (Å²) in [5, 5.41) is 8.99. The lowest BCUT2D eigenvalue weighted by atomic mass is 9.94. The van der Waals surface area contributed by atoms with E-state index in [9.17, 15) is 13.2 Å². The van der Waals surface area contributed by atoms with Gasteiger partial charge in [-0.2, -0.15) is 9.57 Å². The monoisotopic (exact) mass is 433 g/mol. The molecule has 0 aliphatic carbocycles. The van der Waals surface area contributed by atoms with Crippen LogP contribution in [-0.2, 0) is 19.6 Å². The van der Waals surface area contributed by atoms with Gasteiger partial charge >= 0.3 is 0 Å². The van der Waals surface area contributed by atoms with Crippen LogP contribution < -0.4 is 0 Å². The van der Waals surface area contributed by atoms with E-state index in [2.05, 4.69) is 6.07 Å². The fourth-order valence-electron chi connectivity index (χ4n) is 4.24. The molecule has 0 atom stereocenters. The van der Waals surface area contributed by atoms with E-state index in [-0.39, 0.29) is 17.9 Å². The Bertz CT molecular complexity index is 895. The zero-order valence-corrected chi connectivity index (χ0v) is 18.7. The van der Waals surface area contributed by atoms with E-state index < -0.39 is 10.0 Å². The summed E-state index contributed by atoms with van der Waals surface area (Å²) >= 11 is 0. The maximum Gasteiger partial charge on any atom is 0.243 e. The third kappa shape index (κ3) is 5.02. The molecule has 1 aromatic rings. The normalized spacial score (nSPS) is 19.4. The molecule has 1 aromatic carbocycles. The van der Waals surface area contributed by atoms with Gasteiger partial charge in [0.25, 0.3) is 0 Å². The number of ether oxygens (including phenoxy) is 1. The second-order valence-corrected chi connectivity index (χ2v) is 10.1. The van der Waals surface area contributed by atoms with Gasteiger partial charge in [0.2, 0.25) is 15.9 Å². The van der Waals surface area contributed by atoms with E-state index >= 15 is 0 Å². The quantitative estimate of drug-likeness (QED) is 0.688. The molecule has 2 aliphatic rings. The van der Waals surface area contributed by atoms with Crippen molar-refractivity contribution in [2.75, 3.05) is 32.8 Å². The fourth-order valence-corrected chi connectivity index (χ4v) is 5.80. The number of benzene rings is 1. The van der Waals surface area contributed by atoms with Crippen molar-refractivity contribution in [3.05, 3.63) is 29.3 Å². The summed E-state index contributed by atoms with van der Waals surface area (Å²) in [7, 11) is -3.56. The lowest BCUT2D eigenvalue weighted by Gasteiger charge is -2.38. The number of nitriles is 1. The Morgan fingerprint density at radius 1 is 1.17 bits per heavy atom. The van der Waals surface area contributed by atoms with E-state index in [1.54, 1.807) is 12.1 Å². The summed E-state index contributed by atoms with van der Waals surface area (Å²) in [4.78, 5) is 15.4. The molecule has 3 rings (SSSR count). The van der Waals surface area contributed by atoms with Crippen LogP contribution in [0, 0.1) is 31.1 Å². The first-order valence-corrected chi connectivity index (χ1v) is 12.1. The lowest BCUT2D eigenvalue weighted by Crippen LogP contribution is -2.49. The van der Waals surface area contributed by atoms with Gasteiger partial charge in [0.05, 0.1) is 17.4 Å². The third-order valence-corrected chi connectivity index (χ3v) is 8.19. The molecule has 0 spiro atoms. The molecular weight excluding hydrogens is 402 g/mol. The van der Waals surface area contributed by atoms with Crippen LogP contribution in [0.4, 0.5) is 0 Å². The Morgan fingerprint density at radius 2 is 1.83 bits per heavy atom. The molecule has 0 N–H and O–H groups in total. The number of aryl methyl sites for hydroxylation is 2. The number of carbonyl (C=O) groups is 1. The highest BCUT2D eigenvalue weighted by Crippen LogP contribution is 2.28. The zero-order valence-electron chi connectivity index (χ0n) is 17.8. The maximum absolute atomic E-state index is 13.2. The van der Waals surface area contributed by atoms with Gasteiger partial charge in [-0.25, -0.2) is 8.42 Å². The number of piperidine rings is 1. The second-order valence-electron chi connectivity index (χ2n) is 8.21. The standard InChI is InChI=1S/C22H31N3O4S/c1-17-4-5-21(16-18(17)2)30(27,28)24-12-6-19(7-13-24)22(26)25(11-3-10-23)20-8-14-29-15-9-20/h4-5,16,19-20H,3,6-9,11-15H2,1-2H3. The summed E-state index contributed by atoms with van der Waals surface area (Å²) in [6.07, 6.45) is 2.90. The van der Waals surface area contributed by atoms with E-state index in [0.29, 0.717) is 57.0 Å². The number of sulfonamides is 1. The van der Waals surface area contributed by atoms with Crippen molar-refractivity contribution >= 4 is 15.9 Å². The molecule has 0 radical (unpaired) electrons. The lowest BCUT2D eigenvalue weighted by molar-refractivity contribution is -0.141. The first-order valence-electron chi connectivity index (χ1n) is 10.7. The Kier molecular flexibility index (Phi) is 7.50. The van der Waals surface area contributed by atoms with Crippen molar-refractivity contribution in [1.82, 2.24) is 9.21 Å². The summed E-state index contributed by atoms with van der Waals surface area (Å²) in [6.45, 7) is 6.24. The number of carbonyl (C=O) groups excluding carboxylic acids is 1. The average molecular weight is 434 g/mol. The molecule has 2 aliphatic heterocycles. The topological polar surface area (TPSA) is 90.7 Å². The van der Waals surface area contributed by atoms with Gasteiger partial charge in [-0.05, 0) is 62.8 Å². The SMILES string of the molecule is Cc1ccc(S(=O)(=O)N2CCC(C(=O)N(CCC#N)C3CCOCC3)CC2)cc1C. The summed E-state index contributed by atoms with van der Waals surface area (Å²) in [5.74, 6) is -0.141.